The summed E-state index contributed by atoms with van der Waals surface area (Å²) < 4.78 is 0. The van der Waals surface area contributed by atoms with Crippen LogP contribution < -0.4 is 11.1 Å². The molecule has 1 rings (SSSR count). The number of anilines is 1. The van der Waals surface area contributed by atoms with Gasteiger partial charge in [-0.15, -0.1) is 0 Å². The molecule has 0 aliphatic carbocycles. The average Bonchev–Trinajstić information content (AvgIpc) is 2.41. The Hall–Kier alpha value is -1.88. The van der Waals surface area contributed by atoms with E-state index in [-0.39, 0.29) is 18.0 Å². The number of aromatic carboxylic acids is 1. The number of nitrogens with two attached hydrogens (primary N) is 1. The highest BCUT2D eigenvalue weighted by molar-refractivity contribution is 5.97. The number of hydrogen-bond donors (Lipinski definition) is 3. The van der Waals surface area contributed by atoms with Gasteiger partial charge in [0.15, 0.2) is 0 Å². The Morgan fingerprint density at radius 1 is 1.32 bits per heavy atom. The molecular weight excluding hydrogens is 244 g/mol. The zero-order chi connectivity index (χ0) is 14.5. The van der Waals surface area contributed by atoms with Crippen molar-refractivity contribution in [3.63, 3.8) is 0 Å². The van der Waals surface area contributed by atoms with Gasteiger partial charge in [-0.1, -0.05) is 19.9 Å². The highest BCUT2D eigenvalue weighted by atomic mass is 16.4. The van der Waals surface area contributed by atoms with Crippen LogP contribution >= 0.6 is 0 Å². The third-order valence-corrected chi connectivity index (χ3v) is 3.59. The van der Waals surface area contributed by atoms with Crippen molar-refractivity contribution in [2.75, 3.05) is 11.9 Å². The molecule has 1 amide bonds. The largest absolute Gasteiger partial charge is 0.478 e. The topological polar surface area (TPSA) is 92.4 Å². The highest BCUT2D eigenvalue weighted by Gasteiger charge is 2.33. The Balaban J connectivity index is 2.93. The molecule has 0 bridgehead atoms. The molecule has 19 heavy (non-hydrogen) atoms. The van der Waals surface area contributed by atoms with Crippen LogP contribution in [0.1, 0.15) is 37.0 Å². The Kier molecular flexibility index (Phi) is 5.06. The summed E-state index contributed by atoms with van der Waals surface area (Å²) in [5.41, 5.74) is 5.73. The second-order valence-electron chi connectivity index (χ2n) is 4.53. The molecule has 0 radical (unpaired) electrons. The van der Waals surface area contributed by atoms with Gasteiger partial charge in [-0.2, -0.15) is 0 Å². The van der Waals surface area contributed by atoms with E-state index in [0.29, 0.717) is 18.5 Å². The number of hydrogen-bond acceptors (Lipinski definition) is 3. The van der Waals surface area contributed by atoms with Crippen LogP contribution in [-0.4, -0.2) is 23.5 Å². The van der Waals surface area contributed by atoms with E-state index < -0.39 is 11.4 Å². The predicted octanol–water partition coefficient (Wildman–Crippen LogP) is 2.09. The van der Waals surface area contributed by atoms with Crippen molar-refractivity contribution in [1.29, 1.82) is 0 Å². The van der Waals surface area contributed by atoms with Crippen molar-refractivity contribution in [3.8, 4) is 0 Å². The van der Waals surface area contributed by atoms with Gasteiger partial charge in [0.25, 0.3) is 0 Å². The third kappa shape index (κ3) is 3.32. The summed E-state index contributed by atoms with van der Waals surface area (Å²) in [6.45, 7) is 4.11. The minimum Gasteiger partial charge on any atom is -0.478 e. The van der Waals surface area contributed by atoms with Gasteiger partial charge in [0, 0.05) is 12.2 Å². The Bertz CT molecular complexity index is 459. The van der Waals surface area contributed by atoms with Crippen LogP contribution in [0.15, 0.2) is 24.3 Å². The van der Waals surface area contributed by atoms with E-state index >= 15 is 0 Å². The quantitative estimate of drug-likeness (QED) is 0.733. The van der Waals surface area contributed by atoms with Crippen LogP contribution in [0, 0.1) is 5.41 Å². The van der Waals surface area contributed by atoms with Crippen LogP contribution in [0.4, 0.5) is 5.69 Å². The molecule has 5 nitrogen and oxygen atoms in total. The summed E-state index contributed by atoms with van der Waals surface area (Å²) in [7, 11) is 0. The van der Waals surface area contributed by atoms with E-state index in [2.05, 4.69) is 5.32 Å². The number of benzene rings is 1. The summed E-state index contributed by atoms with van der Waals surface area (Å²) in [5.74, 6) is -1.19. The first-order valence-electron chi connectivity index (χ1n) is 6.34. The molecule has 1 aromatic carbocycles. The molecule has 0 saturated carbocycles. The smallest absolute Gasteiger partial charge is 0.335 e. The van der Waals surface area contributed by atoms with Crippen molar-refractivity contribution >= 4 is 17.6 Å². The molecule has 0 fully saturated rings. The molecule has 0 saturated heterocycles. The molecule has 0 aromatic heterocycles. The SMILES string of the molecule is CCC(CC)(CN)C(=O)Nc1cccc(C(=O)O)c1. The standard InChI is InChI=1S/C14H20N2O3/c1-3-14(4-2,9-15)13(19)16-11-7-5-6-10(8-11)12(17)18/h5-8H,3-4,9,15H2,1-2H3,(H,16,19)(H,17,18). The number of carboxylic acids is 1. The van der Waals surface area contributed by atoms with E-state index in [0.717, 1.165) is 0 Å². The maximum atomic E-state index is 12.3. The Morgan fingerprint density at radius 2 is 1.95 bits per heavy atom. The number of amides is 1. The second-order valence-corrected chi connectivity index (χ2v) is 4.53. The average molecular weight is 264 g/mol. The maximum absolute atomic E-state index is 12.3. The van der Waals surface area contributed by atoms with Gasteiger partial charge in [0.05, 0.1) is 11.0 Å². The number of carbonyl (C=O) groups excluding carboxylic acids is 1. The van der Waals surface area contributed by atoms with Crippen LogP contribution in [0.3, 0.4) is 0 Å². The normalized spacial score (nSPS) is 11.1. The van der Waals surface area contributed by atoms with Gasteiger partial charge >= 0.3 is 5.97 Å². The molecule has 104 valence electrons. The maximum Gasteiger partial charge on any atom is 0.335 e. The van der Waals surface area contributed by atoms with Crippen molar-refractivity contribution in [2.45, 2.75) is 26.7 Å². The first kappa shape index (κ1) is 15.2. The lowest BCUT2D eigenvalue weighted by atomic mass is 9.81. The van der Waals surface area contributed by atoms with Crippen LogP contribution in [0.5, 0.6) is 0 Å². The highest BCUT2D eigenvalue weighted by Crippen LogP contribution is 2.27. The fraction of sp³-hybridized carbons (Fsp3) is 0.429. The van der Waals surface area contributed by atoms with E-state index in [1.165, 1.54) is 12.1 Å². The van der Waals surface area contributed by atoms with Crippen molar-refractivity contribution in [1.82, 2.24) is 0 Å². The van der Waals surface area contributed by atoms with Gasteiger partial charge in [0.2, 0.25) is 5.91 Å². The fourth-order valence-electron chi connectivity index (χ4n) is 1.95. The molecule has 1 aromatic rings. The molecule has 0 heterocycles. The third-order valence-electron chi connectivity index (χ3n) is 3.59. The molecule has 0 atom stereocenters. The Morgan fingerprint density at radius 3 is 2.42 bits per heavy atom. The van der Waals surface area contributed by atoms with E-state index in [9.17, 15) is 9.59 Å². The second kappa shape index (κ2) is 6.33. The summed E-state index contributed by atoms with van der Waals surface area (Å²) in [5, 5.41) is 11.7. The fourth-order valence-corrected chi connectivity index (χ4v) is 1.95. The number of carbonyl (C=O) groups is 2. The minimum absolute atomic E-state index is 0.143. The zero-order valence-corrected chi connectivity index (χ0v) is 11.3. The van der Waals surface area contributed by atoms with E-state index in [4.69, 9.17) is 10.8 Å². The van der Waals surface area contributed by atoms with Crippen molar-refractivity contribution < 1.29 is 14.7 Å². The van der Waals surface area contributed by atoms with Gasteiger partial charge < -0.3 is 16.2 Å². The lowest BCUT2D eigenvalue weighted by Gasteiger charge is -2.28. The molecule has 0 spiro atoms. The lowest BCUT2D eigenvalue weighted by Crippen LogP contribution is -2.41. The summed E-state index contributed by atoms with van der Waals surface area (Å²) in [6, 6.07) is 6.18. The van der Waals surface area contributed by atoms with Crippen LogP contribution in [0.25, 0.3) is 0 Å². The summed E-state index contributed by atoms with van der Waals surface area (Å²) in [6.07, 6.45) is 1.29. The number of rotatable bonds is 6. The van der Waals surface area contributed by atoms with Crippen molar-refractivity contribution in [3.05, 3.63) is 29.8 Å². The molecule has 5 heteroatoms. The van der Waals surface area contributed by atoms with Crippen LogP contribution in [-0.2, 0) is 4.79 Å². The first-order chi connectivity index (χ1) is 8.99. The first-order valence-corrected chi connectivity index (χ1v) is 6.34. The molecule has 0 aliphatic rings. The Labute approximate surface area is 112 Å². The zero-order valence-electron chi connectivity index (χ0n) is 11.3. The number of carboxylic acid groups (broad SMARTS) is 1. The van der Waals surface area contributed by atoms with E-state index in [1.54, 1.807) is 12.1 Å². The number of nitrogens with one attached hydrogen (secondary N) is 1. The van der Waals surface area contributed by atoms with Gasteiger partial charge in [0.1, 0.15) is 0 Å². The van der Waals surface area contributed by atoms with Crippen LogP contribution in [0.2, 0.25) is 0 Å². The predicted molar refractivity (Wildman–Crippen MR) is 74.1 cm³/mol. The molecule has 4 N–H and O–H groups in total. The van der Waals surface area contributed by atoms with Gasteiger partial charge in [-0.3, -0.25) is 4.79 Å². The minimum atomic E-state index is -1.02. The monoisotopic (exact) mass is 264 g/mol. The molecule has 0 unspecified atom stereocenters. The van der Waals surface area contributed by atoms with E-state index in [1.807, 2.05) is 13.8 Å². The molecular formula is C14H20N2O3. The summed E-state index contributed by atoms with van der Waals surface area (Å²) >= 11 is 0. The van der Waals surface area contributed by atoms with Crippen molar-refractivity contribution in [2.24, 2.45) is 11.1 Å². The summed E-state index contributed by atoms with van der Waals surface area (Å²) in [4.78, 5) is 23.1. The molecule has 0 aliphatic heterocycles. The van der Waals surface area contributed by atoms with Gasteiger partial charge in [-0.05, 0) is 31.0 Å². The lowest BCUT2D eigenvalue weighted by molar-refractivity contribution is -0.125. The van der Waals surface area contributed by atoms with Gasteiger partial charge in [-0.25, -0.2) is 4.79 Å².